The monoisotopic (exact) mass is 725 g/mol. The third kappa shape index (κ3) is 40.1. The van der Waals surface area contributed by atoms with Crippen LogP contribution in [-0.4, -0.2) is 37.9 Å². The fourth-order valence-corrected chi connectivity index (χ4v) is 5.53. The maximum absolute atomic E-state index is 12.5. The Morgan fingerprint density at radius 3 is 1.42 bits per heavy atom. The lowest BCUT2D eigenvalue weighted by Gasteiger charge is -2.18. The van der Waals surface area contributed by atoms with Crippen LogP contribution >= 0.6 is 0 Å². The van der Waals surface area contributed by atoms with Crippen LogP contribution in [0.5, 0.6) is 0 Å². The number of unbranched alkanes of at least 4 members (excludes halogenated alkanes) is 15. The van der Waals surface area contributed by atoms with E-state index in [1.807, 2.05) is 0 Å². The van der Waals surface area contributed by atoms with Crippen LogP contribution in [0, 0.1) is 0 Å². The molecule has 298 valence electrons. The number of carbonyl (C=O) groups is 2. The third-order valence-corrected chi connectivity index (χ3v) is 8.73. The van der Waals surface area contributed by atoms with Crippen LogP contribution in [0.1, 0.15) is 188 Å². The molecule has 52 heavy (non-hydrogen) atoms. The molecule has 0 aliphatic carbocycles. The Labute approximate surface area is 321 Å². The predicted molar refractivity (Wildman–Crippen MR) is 224 cm³/mol. The second kappa shape index (κ2) is 42.8. The molecule has 0 aromatic rings. The van der Waals surface area contributed by atoms with Gasteiger partial charge in [0.25, 0.3) is 0 Å². The minimum absolute atomic E-state index is 0.0620. The number of hydrogen-bond donors (Lipinski definition) is 0. The first-order chi connectivity index (χ1) is 25.6. The molecule has 0 bridgehead atoms. The van der Waals surface area contributed by atoms with Gasteiger partial charge >= 0.3 is 11.9 Å². The van der Waals surface area contributed by atoms with Crippen molar-refractivity contribution >= 4 is 11.9 Å². The summed E-state index contributed by atoms with van der Waals surface area (Å²) < 4.78 is 17.1. The first-order valence-electron chi connectivity index (χ1n) is 21.5. The fraction of sp³-hybridized carbons (Fsp3) is 0.702. The first-order valence-corrected chi connectivity index (χ1v) is 21.5. The zero-order valence-corrected chi connectivity index (χ0v) is 34.1. The number of hydrogen-bond acceptors (Lipinski definition) is 5. The van der Waals surface area contributed by atoms with E-state index in [-0.39, 0.29) is 25.2 Å². The van der Waals surface area contributed by atoms with Crippen molar-refractivity contribution in [1.82, 2.24) is 0 Å². The molecule has 5 nitrogen and oxygen atoms in total. The molecule has 0 saturated carbocycles. The smallest absolute Gasteiger partial charge is 0.306 e. The van der Waals surface area contributed by atoms with Crippen LogP contribution < -0.4 is 0 Å². The van der Waals surface area contributed by atoms with Crippen molar-refractivity contribution in [1.29, 1.82) is 0 Å². The fourth-order valence-electron chi connectivity index (χ4n) is 5.53. The van der Waals surface area contributed by atoms with E-state index in [1.54, 1.807) is 0 Å². The van der Waals surface area contributed by atoms with Gasteiger partial charge < -0.3 is 14.2 Å². The minimum Gasteiger partial charge on any atom is -0.462 e. The van der Waals surface area contributed by atoms with E-state index in [2.05, 4.69) is 93.7 Å². The molecule has 0 aliphatic heterocycles. The van der Waals surface area contributed by atoms with Crippen molar-refractivity contribution in [2.24, 2.45) is 0 Å². The average Bonchev–Trinajstić information content (AvgIpc) is 3.14. The van der Waals surface area contributed by atoms with Gasteiger partial charge in [0.1, 0.15) is 6.61 Å². The standard InChI is InChI=1S/C47H80O5/c1-4-7-10-13-15-17-19-21-23-25-27-29-31-33-36-39-42-50-43-45(52-47(49)41-38-34-12-9-6-3)44-51-46(48)40-37-35-32-30-28-26-24-22-20-18-16-14-11-8-5-2/h7,10,15-18,21-24,27,29,45H,4-6,8-9,11-14,19-20,25-26,28,30-44H2,1-3H3/b10-7-,17-15-,18-16-,23-21-,24-22-,29-27-. The Kier molecular flexibility index (Phi) is 40.6. The lowest BCUT2D eigenvalue weighted by molar-refractivity contribution is -0.163. The van der Waals surface area contributed by atoms with Crippen molar-refractivity contribution in [3.05, 3.63) is 72.9 Å². The second-order valence-corrected chi connectivity index (χ2v) is 13.9. The summed E-state index contributed by atoms with van der Waals surface area (Å²) in [4.78, 5) is 25.0. The topological polar surface area (TPSA) is 61.8 Å². The van der Waals surface area contributed by atoms with E-state index in [1.165, 1.54) is 51.4 Å². The van der Waals surface area contributed by atoms with Gasteiger partial charge in [-0.3, -0.25) is 9.59 Å². The quantitative estimate of drug-likeness (QED) is 0.0360. The summed E-state index contributed by atoms with van der Waals surface area (Å²) in [7, 11) is 0. The van der Waals surface area contributed by atoms with Crippen LogP contribution in [-0.2, 0) is 23.8 Å². The normalized spacial score (nSPS) is 12.9. The number of esters is 2. The van der Waals surface area contributed by atoms with Gasteiger partial charge in [0.15, 0.2) is 6.10 Å². The van der Waals surface area contributed by atoms with Gasteiger partial charge in [0.2, 0.25) is 0 Å². The Morgan fingerprint density at radius 2 is 0.865 bits per heavy atom. The largest absolute Gasteiger partial charge is 0.462 e. The molecular formula is C47H80O5. The predicted octanol–water partition coefficient (Wildman–Crippen LogP) is 14.0. The molecule has 5 heteroatoms. The molecule has 0 saturated heterocycles. The zero-order chi connectivity index (χ0) is 37.8. The third-order valence-electron chi connectivity index (χ3n) is 8.73. The number of allylic oxidation sites excluding steroid dienone is 12. The summed E-state index contributed by atoms with van der Waals surface area (Å²) in [5.41, 5.74) is 0. The van der Waals surface area contributed by atoms with Gasteiger partial charge in [-0.25, -0.2) is 0 Å². The highest BCUT2D eigenvalue weighted by Gasteiger charge is 2.17. The Bertz CT molecular complexity index is 957. The molecule has 0 aromatic heterocycles. The van der Waals surface area contributed by atoms with Crippen LogP contribution in [0.15, 0.2) is 72.9 Å². The summed E-state index contributed by atoms with van der Waals surface area (Å²) in [5.74, 6) is -0.449. The van der Waals surface area contributed by atoms with E-state index >= 15 is 0 Å². The van der Waals surface area contributed by atoms with Gasteiger partial charge in [-0.05, 0) is 89.9 Å². The maximum Gasteiger partial charge on any atom is 0.306 e. The summed E-state index contributed by atoms with van der Waals surface area (Å²) in [6.07, 6.45) is 53.5. The van der Waals surface area contributed by atoms with Crippen molar-refractivity contribution in [3.8, 4) is 0 Å². The van der Waals surface area contributed by atoms with E-state index in [0.717, 1.165) is 103 Å². The Morgan fingerprint density at radius 1 is 0.442 bits per heavy atom. The number of rotatable bonds is 38. The van der Waals surface area contributed by atoms with Gasteiger partial charge in [0, 0.05) is 19.4 Å². The van der Waals surface area contributed by atoms with Gasteiger partial charge in [-0.1, -0.05) is 158 Å². The molecule has 0 aromatic carbocycles. The van der Waals surface area contributed by atoms with Crippen LogP contribution in [0.3, 0.4) is 0 Å². The highest BCUT2D eigenvalue weighted by molar-refractivity contribution is 5.70. The number of carbonyl (C=O) groups excluding carboxylic acids is 2. The van der Waals surface area contributed by atoms with Gasteiger partial charge in [0.05, 0.1) is 6.61 Å². The van der Waals surface area contributed by atoms with Crippen molar-refractivity contribution in [2.75, 3.05) is 19.8 Å². The van der Waals surface area contributed by atoms with E-state index in [4.69, 9.17) is 14.2 Å². The molecule has 0 N–H and O–H groups in total. The van der Waals surface area contributed by atoms with E-state index < -0.39 is 6.10 Å². The number of ether oxygens (including phenoxy) is 3. The van der Waals surface area contributed by atoms with Crippen LogP contribution in [0.25, 0.3) is 0 Å². The summed E-state index contributed by atoms with van der Waals surface area (Å²) >= 11 is 0. The highest BCUT2D eigenvalue weighted by atomic mass is 16.6. The first kappa shape index (κ1) is 49.3. The van der Waals surface area contributed by atoms with Crippen LogP contribution in [0.2, 0.25) is 0 Å². The van der Waals surface area contributed by atoms with Crippen molar-refractivity contribution in [3.63, 3.8) is 0 Å². The Hall–Kier alpha value is -2.66. The molecule has 0 aliphatic rings. The average molecular weight is 725 g/mol. The van der Waals surface area contributed by atoms with Crippen molar-refractivity contribution in [2.45, 2.75) is 194 Å². The molecular weight excluding hydrogens is 645 g/mol. The molecule has 0 heterocycles. The zero-order valence-electron chi connectivity index (χ0n) is 34.1. The molecule has 1 unspecified atom stereocenters. The SMILES string of the molecule is CC/C=C\C/C=C\C/C=C\C/C=C\CCCCCOCC(COC(=O)CCCCCCC/C=C\C/C=C\CCCCC)OC(=O)CCCCCCC. The summed E-state index contributed by atoms with van der Waals surface area (Å²) in [6.45, 7) is 7.51. The lowest BCUT2D eigenvalue weighted by atomic mass is 10.1. The lowest BCUT2D eigenvalue weighted by Crippen LogP contribution is -2.30. The molecule has 0 rings (SSSR count). The van der Waals surface area contributed by atoms with Gasteiger partial charge in [-0.2, -0.15) is 0 Å². The molecule has 0 spiro atoms. The van der Waals surface area contributed by atoms with E-state index in [0.29, 0.717) is 19.4 Å². The van der Waals surface area contributed by atoms with Crippen molar-refractivity contribution < 1.29 is 23.8 Å². The van der Waals surface area contributed by atoms with E-state index in [9.17, 15) is 9.59 Å². The molecule has 0 fully saturated rings. The molecule has 0 radical (unpaired) electrons. The molecule has 1 atom stereocenters. The highest BCUT2D eigenvalue weighted by Crippen LogP contribution is 2.11. The Balaban J connectivity index is 4.18. The molecule has 0 amide bonds. The second-order valence-electron chi connectivity index (χ2n) is 13.9. The maximum atomic E-state index is 12.5. The summed E-state index contributed by atoms with van der Waals surface area (Å²) in [6, 6.07) is 0. The summed E-state index contributed by atoms with van der Waals surface area (Å²) in [5, 5.41) is 0. The minimum atomic E-state index is -0.555. The van der Waals surface area contributed by atoms with Gasteiger partial charge in [-0.15, -0.1) is 0 Å². The van der Waals surface area contributed by atoms with Crippen LogP contribution in [0.4, 0.5) is 0 Å².